The molecule has 2 N–H and O–H groups in total. The van der Waals surface area contributed by atoms with Crippen molar-refractivity contribution in [3.05, 3.63) is 57.8 Å². The molecule has 3 rings (SSSR count). The summed E-state index contributed by atoms with van der Waals surface area (Å²) in [6.07, 6.45) is 0. The van der Waals surface area contributed by atoms with Crippen LogP contribution in [0.3, 0.4) is 0 Å². The number of halogens is 2. The molecule has 1 unspecified atom stereocenters. The van der Waals surface area contributed by atoms with Crippen molar-refractivity contribution in [2.75, 3.05) is 43.4 Å². The zero-order valence-corrected chi connectivity index (χ0v) is 19.6. The van der Waals surface area contributed by atoms with Gasteiger partial charge in [-0.05, 0) is 56.2 Å². The van der Waals surface area contributed by atoms with E-state index in [0.29, 0.717) is 37.2 Å². The van der Waals surface area contributed by atoms with Crippen LogP contribution in [0.1, 0.15) is 18.1 Å². The number of aryl methyl sites for hydroxylation is 1. The average Bonchev–Trinajstić information content (AvgIpc) is 2.73. The zero-order chi connectivity index (χ0) is 22.5. The van der Waals surface area contributed by atoms with E-state index in [-0.39, 0.29) is 17.5 Å². The first kappa shape index (κ1) is 23.4. The number of nitrogens with one attached hydrogen (secondary N) is 2. The number of piperazine rings is 1. The largest absolute Gasteiger partial charge is 0.325 e. The van der Waals surface area contributed by atoms with Gasteiger partial charge in [0.2, 0.25) is 11.8 Å². The fourth-order valence-electron chi connectivity index (χ4n) is 3.58. The Bertz CT molecular complexity index is 961. The topological polar surface area (TPSA) is 64.7 Å². The van der Waals surface area contributed by atoms with Crippen LogP contribution in [0.25, 0.3) is 0 Å². The van der Waals surface area contributed by atoms with Crippen LogP contribution in [0.15, 0.2) is 40.9 Å². The highest BCUT2D eigenvalue weighted by Gasteiger charge is 2.27. The molecule has 31 heavy (non-hydrogen) atoms. The Balaban J connectivity index is 1.47. The highest BCUT2D eigenvalue weighted by atomic mass is 79.9. The van der Waals surface area contributed by atoms with Crippen molar-refractivity contribution in [3.8, 4) is 0 Å². The van der Waals surface area contributed by atoms with Crippen molar-refractivity contribution in [1.82, 2.24) is 9.80 Å². The van der Waals surface area contributed by atoms with E-state index in [4.69, 9.17) is 0 Å². The third-order valence-corrected chi connectivity index (χ3v) is 6.26. The van der Waals surface area contributed by atoms with Crippen molar-refractivity contribution >= 4 is 39.1 Å². The smallest absolute Gasteiger partial charge is 0.241 e. The van der Waals surface area contributed by atoms with Gasteiger partial charge in [0, 0.05) is 36.3 Å². The maximum atomic E-state index is 14.0. The van der Waals surface area contributed by atoms with Crippen LogP contribution in [0, 0.1) is 19.7 Å². The second-order valence-electron chi connectivity index (χ2n) is 7.90. The van der Waals surface area contributed by atoms with Crippen molar-refractivity contribution in [2.45, 2.75) is 26.8 Å². The number of rotatable bonds is 6. The van der Waals surface area contributed by atoms with Gasteiger partial charge in [0.15, 0.2) is 0 Å². The molecule has 0 aromatic heterocycles. The first-order valence-electron chi connectivity index (χ1n) is 10.3. The van der Waals surface area contributed by atoms with E-state index in [1.807, 2.05) is 43.9 Å². The molecule has 0 bridgehead atoms. The number of carbonyl (C=O) groups is 2. The third kappa shape index (κ3) is 6.12. The molecule has 8 heteroatoms. The maximum absolute atomic E-state index is 14.0. The molecule has 1 heterocycles. The van der Waals surface area contributed by atoms with E-state index in [1.54, 1.807) is 6.07 Å². The summed E-state index contributed by atoms with van der Waals surface area (Å²) in [7, 11) is 0. The second-order valence-corrected chi connectivity index (χ2v) is 8.81. The monoisotopic (exact) mass is 490 g/mol. The van der Waals surface area contributed by atoms with E-state index in [1.165, 1.54) is 12.1 Å². The summed E-state index contributed by atoms with van der Waals surface area (Å²) >= 11 is 3.21. The number of hydrogen-bond donors (Lipinski definition) is 2. The van der Waals surface area contributed by atoms with Crippen LogP contribution in [0.5, 0.6) is 0 Å². The summed E-state index contributed by atoms with van der Waals surface area (Å²) in [6.45, 7) is 8.83. The number of benzene rings is 2. The molecule has 0 aliphatic carbocycles. The molecule has 2 amide bonds. The standard InChI is InChI=1S/C23H28BrFN4O2/c1-15-5-4-6-20(16(15)2)26-22(30)14-28-9-11-29(12-10-28)17(3)23(31)27-21-8-7-18(24)13-19(21)25/h4-8,13,17H,9-12,14H2,1-3H3,(H,26,30)(H,27,31). The van der Waals surface area contributed by atoms with Gasteiger partial charge in [0.25, 0.3) is 0 Å². The van der Waals surface area contributed by atoms with Crippen LogP contribution < -0.4 is 10.6 Å². The molecule has 2 aromatic rings. The molecule has 166 valence electrons. The fourth-order valence-corrected chi connectivity index (χ4v) is 3.92. The van der Waals surface area contributed by atoms with Gasteiger partial charge in [-0.25, -0.2) is 4.39 Å². The van der Waals surface area contributed by atoms with Gasteiger partial charge >= 0.3 is 0 Å². The Morgan fingerprint density at radius 3 is 2.45 bits per heavy atom. The molecule has 1 aliphatic heterocycles. The molecule has 1 atom stereocenters. The molecule has 1 fully saturated rings. The minimum absolute atomic E-state index is 0.0429. The van der Waals surface area contributed by atoms with E-state index < -0.39 is 11.9 Å². The Morgan fingerprint density at radius 1 is 1.06 bits per heavy atom. The van der Waals surface area contributed by atoms with Crippen molar-refractivity contribution in [1.29, 1.82) is 0 Å². The lowest BCUT2D eigenvalue weighted by molar-refractivity contribution is -0.122. The fraction of sp³-hybridized carbons (Fsp3) is 0.391. The Hall–Kier alpha value is -2.29. The number of nitrogens with zero attached hydrogens (tertiary/aromatic N) is 2. The molecule has 0 spiro atoms. The molecule has 6 nitrogen and oxygen atoms in total. The van der Waals surface area contributed by atoms with E-state index >= 15 is 0 Å². The third-order valence-electron chi connectivity index (χ3n) is 5.77. The Labute approximate surface area is 190 Å². The van der Waals surface area contributed by atoms with E-state index in [0.717, 1.165) is 16.8 Å². The summed E-state index contributed by atoms with van der Waals surface area (Å²) in [4.78, 5) is 29.1. The predicted octanol–water partition coefficient (Wildman–Crippen LogP) is 3.79. The lowest BCUT2D eigenvalue weighted by Crippen LogP contribution is -2.53. The molecule has 1 saturated heterocycles. The molecule has 1 aliphatic rings. The quantitative estimate of drug-likeness (QED) is 0.646. The number of hydrogen-bond acceptors (Lipinski definition) is 4. The summed E-state index contributed by atoms with van der Waals surface area (Å²) in [5.41, 5.74) is 3.22. The summed E-state index contributed by atoms with van der Waals surface area (Å²) in [5, 5.41) is 5.65. The molecule has 0 saturated carbocycles. The van der Waals surface area contributed by atoms with Crippen LogP contribution in [0.2, 0.25) is 0 Å². The molecular weight excluding hydrogens is 463 g/mol. The van der Waals surface area contributed by atoms with Crippen molar-refractivity contribution < 1.29 is 14.0 Å². The van der Waals surface area contributed by atoms with Crippen molar-refractivity contribution in [3.63, 3.8) is 0 Å². The normalized spacial score (nSPS) is 16.0. The first-order valence-corrected chi connectivity index (χ1v) is 11.1. The van der Waals surface area contributed by atoms with Gasteiger partial charge in [-0.1, -0.05) is 28.1 Å². The maximum Gasteiger partial charge on any atom is 0.241 e. The molecule has 2 aromatic carbocycles. The summed E-state index contributed by atoms with van der Waals surface area (Å²) in [5.74, 6) is -0.768. The van der Waals surface area contributed by atoms with Crippen molar-refractivity contribution in [2.24, 2.45) is 0 Å². The van der Waals surface area contributed by atoms with E-state index in [2.05, 4.69) is 31.5 Å². The van der Waals surface area contributed by atoms with Crippen LogP contribution in [-0.4, -0.2) is 60.4 Å². The van der Waals surface area contributed by atoms with Crippen LogP contribution in [0.4, 0.5) is 15.8 Å². The first-order chi connectivity index (χ1) is 14.7. The Morgan fingerprint density at radius 2 is 1.77 bits per heavy atom. The number of amides is 2. The molecular formula is C23H28BrFN4O2. The summed E-state index contributed by atoms with van der Waals surface area (Å²) < 4.78 is 14.6. The van der Waals surface area contributed by atoms with Gasteiger partial charge < -0.3 is 10.6 Å². The van der Waals surface area contributed by atoms with Crippen LogP contribution >= 0.6 is 15.9 Å². The minimum Gasteiger partial charge on any atom is -0.325 e. The zero-order valence-electron chi connectivity index (χ0n) is 18.0. The molecule has 0 radical (unpaired) electrons. The SMILES string of the molecule is Cc1cccc(NC(=O)CN2CCN(C(C)C(=O)Nc3ccc(Br)cc3F)CC2)c1C. The minimum atomic E-state index is -0.477. The summed E-state index contributed by atoms with van der Waals surface area (Å²) in [6, 6.07) is 10.0. The van der Waals surface area contributed by atoms with E-state index in [9.17, 15) is 14.0 Å². The van der Waals surface area contributed by atoms with Gasteiger partial charge in [0.1, 0.15) is 5.82 Å². The second kappa shape index (κ2) is 10.3. The van der Waals surface area contributed by atoms with Gasteiger partial charge in [-0.2, -0.15) is 0 Å². The van der Waals surface area contributed by atoms with Gasteiger partial charge in [0.05, 0.1) is 18.3 Å². The predicted molar refractivity (Wildman–Crippen MR) is 125 cm³/mol. The highest BCUT2D eigenvalue weighted by Crippen LogP contribution is 2.20. The lowest BCUT2D eigenvalue weighted by Gasteiger charge is -2.37. The average molecular weight is 491 g/mol. The number of anilines is 2. The van der Waals surface area contributed by atoms with Crippen LogP contribution in [-0.2, 0) is 9.59 Å². The lowest BCUT2D eigenvalue weighted by atomic mass is 10.1. The van der Waals surface area contributed by atoms with Gasteiger partial charge in [-0.15, -0.1) is 0 Å². The highest BCUT2D eigenvalue weighted by molar-refractivity contribution is 9.10. The van der Waals surface area contributed by atoms with Gasteiger partial charge in [-0.3, -0.25) is 19.4 Å². The Kier molecular flexibility index (Phi) is 7.80. The number of carbonyl (C=O) groups excluding carboxylic acids is 2.